The van der Waals surface area contributed by atoms with E-state index in [9.17, 15) is 0 Å². The molecule has 20 heavy (non-hydrogen) atoms. The number of anilines is 1. The van der Waals surface area contributed by atoms with Crippen LogP contribution in [0.4, 0.5) is 5.82 Å². The van der Waals surface area contributed by atoms with Crippen LogP contribution in [-0.2, 0) is 13.0 Å². The van der Waals surface area contributed by atoms with Gasteiger partial charge in [0, 0.05) is 0 Å². The summed E-state index contributed by atoms with van der Waals surface area (Å²) in [7, 11) is 0. The highest BCUT2D eigenvalue weighted by molar-refractivity contribution is 5.29. The standard InChI is InChI=1S/C15H20N4O/c1-2-3-4-12-5-7-14(8-6-12)20-11-13-9-18-15(19-16)10-17-13/h5-10H,2-4,11,16H2,1H3,(H,18,19). The average Bonchev–Trinajstić information content (AvgIpc) is 2.52. The molecule has 0 aliphatic carbocycles. The van der Waals surface area contributed by atoms with Gasteiger partial charge in [0.25, 0.3) is 0 Å². The van der Waals surface area contributed by atoms with E-state index in [0.29, 0.717) is 12.4 Å². The Morgan fingerprint density at radius 2 is 1.95 bits per heavy atom. The highest BCUT2D eigenvalue weighted by Crippen LogP contribution is 2.15. The van der Waals surface area contributed by atoms with Gasteiger partial charge in [-0.1, -0.05) is 25.5 Å². The van der Waals surface area contributed by atoms with Crippen molar-refractivity contribution in [2.45, 2.75) is 32.8 Å². The second-order valence-corrected chi connectivity index (χ2v) is 4.57. The molecule has 0 fully saturated rings. The number of hydrazine groups is 1. The summed E-state index contributed by atoms with van der Waals surface area (Å²) in [6.07, 6.45) is 6.77. The number of aryl methyl sites for hydroxylation is 1. The maximum atomic E-state index is 5.67. The van der Waals surface area contributed by atoms with Gasteiger partial charge in [-0.05, 0) is 30.5 Å². The minimum absolute atomic E-state index is 0.395. The number of nitrogens with one attached hydrogen (secondary N) is 1. The molecule has 0 spiro atoms. The predicted octanol–water partition coefficient (Wildman–Crippen LogP) is 2.68. The first-order valence-electron chi connectivity index (χ1n) is 6.81. The van der Waals surface area contributed by atoms with Gasteiger partial charge in [0.05, 0.1) is 18.1 Å². The van der Waals surface area contributed by atoms with Crippen LogP contribution in [0.3, 0.4) is 0 Å². The number of aromatic nitrogens is 2. The summed E-state index contributed by atoms with van der Waals surface area (Å²) in [5, 5.41) is 0. The fourth-order valence-electron chi connectivity index (χ4n) is 1.79. The van der Waals surface area contributed by atoms with Crippen molar-refractivity contribution in [3.05, 3.63) is 47.9 Å². The largest absolute Gasteiger partial charge is 0.487 e. The summed E-state index contributed by atoms with van der Waals surface area (Å²) < 4.78 is 5.67. The van der Waals surface area contributed by atoms with Crippen LogP contribution < -0.4 is 16.0 Å². The lowest BCUT2D eigenvalue weighted by Gasteiger charge is -2.07. The molecule has 1 aromatic carbocycles. The van der Waals surface area contributed by atoms with Crippen LogP contribution >= 0.6 is 0 Å². The maximum absolute atomic E-state index is 5.67. The number of benzene rings is 1. The van der Waals surface area contributed by atoms with Crippen molar-refractivity contribution in [2.24, 2.45) is 5.84 Å². The van der Waals surface area contributed by atoms with Crippen LogP contribution in [0.2, 0.25) is 0 Å². The van der Waals surface area contributed by atoms with Crippen molar-refractivity contribution in [1.82, 2.24) is 9.97 Å². The van der Waals surface area contributed by atoms with Gasteiger partial charge < -0.3 is 10.2 Å². The summed E-state index contributed by atoms with van der Waals surface area (Å²) in [4.78, 5) is 8.27. The fourth-order valence-corrected chi connectivity index (χ4v) is 1.79. The lowest BCUT2D eigenvalue weighted by atomic mass is 10.1. The molecule has 0 amide bonds. The van der Waals surface area contributed by atoms with Gasteiger partial charge in [0.15, 0.2) is 5.82 Å². The quantitative estimate of drug-likeness (QED) is 0.599. The number of nitrogens with two attached hydrogens (primary N) is 1. The molecule has 1 heterocycles. The third kappa shape index (κ3) is 4.20. The van der Waals surface area contributed by atoms with Gasteiger partial charge in [-0.3, -0.25) is 4.98 Å². The van der Waals surface area contributed by atoms with Crippen LogP contribution in [0.5, 0.6) is 5.75 Å². The van der Waals surface area contributed by atoms with Crippen molar-refractivity contribution >= 4 is 5.82 Å². The minimum Gasteiger partial charge on any atom is -0.487 e. The second-order valence-electron chi connectivity index (χ2n) is 4.57. The first-order valence-corrected chi connectivity index (χ1v) is 6.81. The van der Waals surface area contributed by atoms with Crippen LogP contribution in [0.15, 0.2) is 36.7 Å². The van der Waals surface area contributed by atoms with E-state index in [1.54, 1.807) is 12.4 Å². The number of hydrogen-bond acceptors (Lipinski definition) is 5. The van der Waals surface area contributed by atoms with Crippen molar-refractivity contribution in [3.8, 4) is 5.75 Å². The Kier molecular flexibility index (Phi) is 5.32. The summed E-state index contributed by atoms with van der Waals surface area (Å²) >= 11 is 0. The third-order valence-electron chi connectivity index (χ3n) is 2.98. The molecule has 106 valence electrons. The Bertz CT molecular complexity index is 510. The zero-order chi connectivity index (χ0) is 14.2. The number of unbranched alkanes of at least 4 members (excludes halogenated alkanes) is 1. The van der Waals surface area contributed by atoms with Gasteiger partial charge >= 0.3 is 0 Å². The summed E-state index contributed by atoms with van der Waals surface area (Å²) in [6, 6.07) is 8.21. The predicted molar refractivity (Wildman–Crippen MR) is 79.2 cm³/mol. The zero-order valence-electron chi connectivity index (χ0n) is 11.7. The molecule has 5 heteroatoms. The Morgan fingerprint density at radius 1 is 1.15 bits per heavy atom. The molecule has 0 atom stereocenters. The Morgan fingerprint density at radius 3 is 2.55 bits per heavy atom. The van der Waals surface area contributed by atoms with E-state index in [2.05, 4.69) is 34.5 Å². The molecule has 0 aliphatic heterocycles. The highest BCUT2D eigenvalue weighted by Gasteiger charge is 1.99. The number of rotatable bonds is 7. The lowest BCUT2D eigenvalue weighted by Crippen LogP contribution is -2.09. The Balaban J connectivity index is 1.86. The molecule has 0 radical (unpaired) electrons. The molecule has 0 saturated heterocycles. The first-order chi connectivity index (χ1) is 9.81. The van der Waals surface area contributed by atoms with Crippen LogP contribution in [0, 0.1) is 0 Å². The molecule has 0 saturated carbocycles. The summed E-state index contributed by atoms with van der Waals surface area (Å²) in [5.41, 5.74) is 4.54. The van der Waals surface area contributed by atoms with Crippen molar-refractivity contribution < 1.29 is 4.74 Å². The van der Waals surface area contributed by atoms with Crippen LogP contribution in [0.25, 0.3) is 0 Å². The highest BCUT2D eigenvalue weighted by atomic mass is 16.5. The van der Waals surface area contributed by atoms with Gasteiger partial charge in [0.1, 0.15) is 12.4 Å². The number of nitrogens with zero attached hydrogens (tertiary/aromatic N) is 2. The van der Waals surface area contributed by atoms with E-state index in [-0.39, 0.29) is 0 Å². The zero-order valence-corrected chi connectivity index (χ0v) is 11.7. The average molecular weight is 272 g/mol. The fraction of sp³-hybridized carbons (Fsp3) is 0.333. The molecule has 2 aromatic rings. The Labute approximate surface area is 119 Å². The van der Waals surface area contributed by atoms with Crippen molar-refractivity contribution in [1.29, 1.82) is 0 Å². The van der Waals surface area contributed by atoms with E-state index in [1.165, 1.54) is 18.4 Å². The molecule has 1 aromatic heterocycles. The van der Waals surface area contributed by atoms with E-state index >= 15 is 0 Å². The summed E-state index contributed by atoms with van der Waals surface area (Å²) in [6.45, 7) is 2.59. The van der Waals surface area contributed by atoms with E-state index in [1.807, 2.05) is 12.1 Å². The van der Waals surface area contributed by atoms with Crippen LogP contribution in [0.1, 0.15) is 31.0 Å². The smallest absolute Gasteiger partial charge is 0.158 e. The van der Waals surface area contributed by atoms with E-state index < -0.39 is 0 Å². The number of hydrogen-bond donors (Lipinski definition) is 2. The second kappa shape index (κ2) is 7.45. The molecule has 5 nitrogen and oxygen atoms in total. The monoisotopic (exact) mass is 272 g/mol. The SMILES string of the molecule is CCCCc1ccc(OCc2cnc(NN)cn2)cc1. The maximum Gasteiger partial charge on any atom is 0.158 e. The van der Waals surface area contributed by atoms with Gasteiger partial charge in [0.2, 0.25) is 0 Å². The minimum atomic E-state index is 0.395. The molecular weight excluding hydrogens is 252 g/mol. The van der Waals surface area contributed by atoms with Gasteiger partial charge in [-0.15, -0.1) is 0 Å². The summed E-state index contributed by atoms with van der Waals surface area (Å²) in [5.74, 6) is 6.61. The van der Waals surface area contributed by atoms with Crippen molar-refractivity contribution in [3.63, 3.8) is 0 Å². The molecule has 3 N–H and O–H groups in total. The van der Waals surface area contributed by atoms with Gasteiger partial charge in [-0.2, -0.15) is 0 Å². The van der Waals surface area contributed by atoms with Crippen molar-refractivity contribution in [2.75, 3.05) is 5.43 Å². The first kappa shape index (κ1) is 14.3. The molecule has 0 aliphatic rings. The molecular formula is C15H20N4O. The van der Waals surface area contributed by atoms with E-state index in [4.69, 9.17) is 10.6 Å². The molecule has 2 rings (SSSR count). The third-order valence-corrected chi connectivity index (χ3v) is 2.98. The Hall–Kier alpha value is -2.14. The molecule has 0 unspecified atom stereocenters. The normalized spacial score (nSPS) is 10.3. The van der Waals surface area contributed by atoms with E-state index in [0.717, 1.165) is 17.9 Å². The number of ether oxygens (including phenoxy) is 1. The number of nitrogen functional groups attached to an aromatic ring is 1. The van der Waals surface area contributed by atoms with Gasteiger partial charge in [-0.25, -0.2) is 10.8 Å². The molecule has 0 bridgehead atoms. The topological polar surface area (TPSA) is 73.1 Å². The lowest BCUT2D eigenvalue weighted by molar-refractivity contribution is 0.300. The van der Waals surface area contributed by atoms with Crippen LogP contribution in [-0.4, -0.2) is 9.97 Å².